The summed E-state index contributed by atoms with van der Waals surface area (Å²) in [6.45, 7) is 5.54. The lowest BCUT2D eigenvalue weighted by Crippen LogP contribution is -2.35. The van der Waals surface area contributed by atoms with Gasteiger partial charge in [-0.2, -0.15) is 0 Å². The number of nitrogens with zero attached hydrogens (tertiary/aromatic N) is 1. The molecule has 1 saturated heterocycles. The number of allylic oxidation sites excluding steroid dienone is 1. The van der Waals surface area contributed by atoms with Crippen LogP contribution in [0.15, 0.2) is 29.8 Å². The van der Waals surface area contributed by atoms with Crippen LogP contribution in [0.2, 0.25) is 0 Å². The second-order valence-electron chi connectivity index (χ2n) is 6.77. The fraction of sp³-hybridized carbons (Fsp3) is 0.474. The zero-order valence-corrected chi connectivity index (χ0v) is 14.6. The molecule has 2 N–H and O–H groups in total. The molecule has 130 valence electrons. The number of Topliss-reactive ketones (excluding diaryl/α,β-unsaturated/α-hetero) is 1. The van der Waals surface area contributed by atoms with Crippen molar-refractivity contribution in [3.05, 3.63) is 41.0 Å². The Hall–Kier alpha value is -2.17. The van der Waals surface area contributed by atoms with Gasteiger partial charge in [-0.25, -0.2) is 4.39 Å². The van der Waals surface area contributed by atoms with Gasteiger partial charge in [-0.05, 0) is 57.7 Å². The number of hydrogen-bond donors (Lipinski definition) is 1. The van der Waals surface area contributed by atoms with Crippen molar-refractivity contribution in [2.24, 2.45) is 5.73 Å². The Morgan fingerprint density at radius 2 is 1.54 bits per heavy atom. The fourth-order valence-corrected chi connectivity index (χ4v) is 2.86. The molecule has 0 bridgehead atoms. The largest absolute Gasteiger partial charge is 0.398 e. The van der Waals surface area contributed by atoms with E-state index in [4.69, 9.17) is 5.73 Å². The molecule has 0 aliphatic carbocycles. The van der Waals surface area contributed by atoms with Gasteiger partial charge in [-0.3, -0.25) is 9.59 Å². The highest BCUT2D eigenvalue weighted by Gasteiger charge is 2.29. The van der Waals surface area contributed by atoms with E-state index in [-0.39, 0.29) is 17.2 Å². The molecule has 0 atom stereocenters. The van der Waals surface area contributed by atoms with Gasteiger partial charge in [-0.15, -0.1) is 0 Å². The van der Waals surface area contributed by atoms with Gasteiger partial charge < -0.3 is 10.6 Å². The van der Waals surface area contributed by atoms with Crippen molar-refractivity contribution < 1.29 is 14.0 Å². The van der Waals surface area contributed by atoms with E-state index in [9.17, 15) is 14.0 Å². The van der Waals surface area contributed by atoms with E-state index in [2.05, 4.69) is 0 Å². The predicted octanol–water partition coefficient (Wildman–Crippen LogP) is 3.32. The lowest BCUT2D eigenvalue weighted by molar-refractivity contribution is -0.124. The maximum absolute atomic E-state index is 13.8. The van der Waals surface area contributed by atoms with Crippen molar-refractivity contribution in [3.8, 4) is 0 Å². The fourth-order valence-electron chi connectivity index (χ4n) is 2.86. The molecule has 1 fully saturated rings. The molecule has 4 nitrogen and oxygen atoms in total. The number of alkyl halides is 1. The number of hydrogen-bond acceptors (Lipinski definition) is 3. The second kappa shape index (κ2) is 7.16. The molecule has 0 unspecified atom stereocenters. The Balaban J connectivity index is 2.19. The van der Waals surface area contributed by atoms with Crippen molar-refractivity contribution in [1.29, 1.82) is 0 Å². The monoisotopic (exact) mass is 332 g/mol. The van der Waals surface area contributed by atoms with Gasteiger partial charge in [0.05, 0.1) is 0 Å². The molecule has 24 heavy (non-hydrogen) atoms. The molecule has 1 aromatic rings. The van der Waals surface area contributed by atoms with Gasteiger partial charge in [0.25, 0.3) is 5.91 Å². The predicted molar refractivity (Wildman–Crippen MR) is 93.2 cm³/mol. The molecule has 0 aromatic heterocycles. The summed E-state index contributed by atoms with van der Waals surface area (Å²) in [4.78, 5) is 26.3. The number of likely N-dealkylation sites (tertiary alicyclic amines) is 1. The smallest absolute Gasteiger partial charge is 0.253 e. The van der Waals surface area contributed by atoms with Crippen LogP contribution in [0.4, 0.5) is 4.39 Å². The molecule has 1 amide bonds. The number of rotatable bonds is 4. The molecule has 5 heteroatoms. The highest BCUT2D eigenvalue weighted by Crippen LogP contribution is 2.22. The molecule has 1 aliphatic rings. The summed E-state index contributed by atoms with van der Waals surface area (Å²) in [6.07, 6.45) is 3.25. The van der Waals surface area contributed by atoms with Crippen molar-refractivity contribution in [2.75, 3.05) is 13.1 Å². The van der Waals surface area contributed by atoms with E-state index < -0.39 is 11.5 Å². The minimum Gasteiger partial charge on any atom is -0.398 e. The summed E-state index contributed by atoms with van der Waals surface area (Å²) in [7, 11) is 0. The third-order valence-corrected chi connectivity index (χ3v) is 4.37. The van der Waals surface area contributed by atoms with Gasteiger partial charge in [0, 0.05) is 29.9 Å². The number of amides is 1. The third-order valence-electron chi connectivity index (χ3n) is 4.37. The summed E-state index contributed by atoms with van der Waals surface area (Å²) in [6, 6.07) is 6.82. The van der Waals surface area contributed by atoms with Crippen molar-refractivity contribution in [3.63, 3.8) is 0 Å². The van der Waals surface area contributed by atoms with Gasteiger partial charge in [0.2, 0.25) is 0 Å². The number of benzene rings is 1. The maximum Gasteiger partial charge on any atom is 0.253 e. The van der Waals surface area contributed by atoms with Crippen LogP contribution in [0.5, 0.6) is 0 Å². The molecule has 2 rings (SSSR count). The van der Waals surface area contributed by atoms with Crippen LogP contribution in [0.3, 0.4) is 0 Å². The minimum atomic E-state index is -1.96. The molecule has 1 aliphatic heterocycles. The van der Waals surface area contributed by atoms with E-state index in [1.807, 2.05) is 4.90 Å². The Morgan fingerprint density at radius 3 is 2.04 bits per heavy atom. The Kier molecular flexibility index (Phi) is 5.42. The van der Waals surface area contributed by atoms with E-state index >= 15 is 0 Å². The normalized spacial score (nSPS) is 16.6. The van der Waals surface area contributed by atoms with Crippen LogP contribution in [-0.4, -0.2) is 35.3 Å². The number of halogens is 1. The van der Waals surface area contributed by atoms with Crippen molar-refractivity contribution in [1.82, 2.24) is 4.90 Å². The zero-order valence-electron chi connectivity index (χ0n) is 14.6. The summed E-state index contributed by atoms with van der Waals surface area (Å²) in [5.74, 6) is -0.616. The number of piperidine rings is 1. The zero-order chi connectivity index (χ0) is 17.9. The first kappa shape index (κ1) is 18.2. The van der Waals surface area contributed by atoms with E-state index in [0.717, 1.165) is 25.9 Å². The first-order chi connectivity index (χ1) is 11.2. The summed E-state index contributed by atoms with van der Waals surface area (Å²) in [5.41, 5.74) is 5.68. The highest BCUT2D eigenvalue weighted by molar-refractivity contribution is 6.06. The van der Waals surface area contributed by atoms with E-state index in [1.165, 1.54) is 27.2 Å². The standard InChI is InChI=1S/C19H25FN2O2/c1-13(17(23)19(2,3)20)16(21)14-7-9-15(10-8-14)18(24)22-11-5-4-6-12-22/h7-10H,4-6,11-12,21H2,1-3H3. The van der Waals surface area contributed by atoms with Crippen LogP contribution >= 0.6 is 0 Å². The lowest BCUT2D eigenvalue weighted by atomic mass is 9.95. The summed E-state index contributed by atoms with van der Waals surface area (Å²) in [5, 5.41) is 0. The second-order valence-corrected chi connectivity index (χ2v) is 6.77. The Morgan fingerprint density at radius 1 is 1.04 bits per heavy atom. The first-order valence-corrected chi connectivity index (χ1v) is 8.31. The maximum atomic E-state index is 13.8. The highest BCUT2D eigenvalue weighted by atomic mass is 19.1. The van der Waals surface area contributed by atoms with E-state index in [1.54, 1.807) is 24.3 Å². The molecule has 0 saturated carbocycles. The molecule has 0 spiro atoms. The number of nitrogens with two attached hydrogens (primary N) is 1. The van der Waals surface area contributed by atoms with Crippen molar-refractivity contribution in [2.45, 2.75) is 45.7 Å². The number of carbonyl (C=O) groups is 2. The summed E-state index contributed by atoms with van der Waals surface area (Å²) < 4.78 is 13.8. The van der Waals surface area contributed by atoms with Gasteiger partial charge in [-0.1, -0.05) is 12.1 Å². The molecular weight excluding hydrogens is 307 g/mol. The van der Waals surface area contributed by atoms with Crippen LogP contribution in [0.25, 0.3) is 5.70 Å². The Bertz CT molecular complexity index is 651. The van der Waals surface area contributed by atoms with Crippen LogP contribution in [-0.2, 0) is 4.79 Å². The van der Waals surface area contributed by atoms with Crippen LogP contribution in [0, 0.1) is 0 Å². The van der Waals surface area contributed by atoms with Crippen LogP contribution < -0.4 is 5.73 Å². The quantitative estimate of drug-likeness (QED) is 0.860. The molecule has 1 heterocycles. The molecular formula is C19H25FN2O2. The van der Waals surface area contributed by atoms with Gasteiger partial charge in [0.1, 0.15) is 0 Å². The Labute approximate surface area is 142 Å². The van der Waals surface area contributed by atoms with Gasteiger partial charge >= 0.3 is 0 Å². The topological polar surface area (TPSA) is 63.4 Å². The summed E-state index contributed by atoms with van der Waals surface area (Å²) >= 11 is 0. The average Bonchev–Trinajstić information content (AvgIpc) is 2.59. The minimum absolute atomic E-state index is 0.0153. The number of ketones is 1. The van der Waals surface area contributed by atoms with Gasteiger partial charge in [0.15, 0.2) is 11.5 Å². The van der Waals surface area contributed by atoms with Crippen LogP contribution in [0.1, 0.15) is 56.0 Å². The van der Waals surface area contributed by atoms with E-state index in [0.29, 0.717) is 11.1 Å². The number of carbonyl (C=O) groups excluding carboxylic acids is 2. The first-order valence-electron chi connectivity index (χ1n) is 8.31. The molecule has 0 radical (unpaired) electrons. The molecule has 1 aromatic carbocycles. The van der Waals surface area contributed by atoms with Crippen molar-refractivity contribution >= 4 is 17.4 Å². The third kappa shape index (κ3) is 4.02. The lowest BCUT2D eigenvalue weighted by Gasteiger charge is -2.26. The average molecular weight is 332 g/mol. The SMILES string of the molecule is CC(C(=O)C(C)(C)F)=C(N)c1ccc(C(=O)N2CCCCC2)cc1.